The second kappa shape index (κ2) is 7.70. The Labute approximate surface area is 152 Å². The maximum Gasteiger partial charge on any atom is 0.321 e. The van der Waals surface area contributed by atoms with E-state index in [9.17, 15) is 4.79 Å². The number of piperidine rings is 1. The number of aromatic nitrogens is 2. The van der Waals surface area contributed by atoms with E-state index in [1.165, 1.54) is 0 Å². The smallest absolute Gasteiger partial charge is 0.321 e. The number of anilines is 2. The van der Waals surface area contributed by atoms with Gasteiger partial charge in [-0.2, -0.15) is 0 Å². The molecule has 1 fully saturated rings. The molecule has 0 atom stereocenters. The van der Waals surface area contributed by atoms with Gasteiger partial charge in [0.15, 0.2) is 0 Å². The van der Waals surface area contributed by atoms with Crippen LogP contribution < -0.4 is 10.2 Å². The van der Waals surface area contributed by atoms with Gasteiger partial charge in [0.25, 0.3) is 0 Å². The number of urea groups is 1. The van der Waals surface area contributed by atoms with E-state index in [4.69, 9.17) is 11.6 Å². The number of benzene rings is 1. The summed E-state index contributed by atoms with van der Waals surface area (Å²) in [6, 6.07) is 9.43. The minimum Gasteiger partial charge on any atom is -0.356 e. The minimum absolute atomic E-state index is 0.0682. The lowest BCUT2D eigenvalue weighted by atomic mass is 10.0. The maximum atomic E-state index is 12.4. The first-order chi connectivity index (χ1) is 12.0. The van der Waals surface area contributed by atoms with Gasteiger partial charge in [0.2, 0.25) is 0 Å². The van der Waals surface area contributed by atoms with Crippen molar-refractivity contribution < 1.29 is 4.79 Å². The number of nitrogens with one attached hydrogen (secondary N) is 1. The van der Waals surface area contributed by atoms with Crippen molar-refractivity contribution in [2.24, 2.45) is 0 Å². The Morgan fingerprint density at radius 1 is 1.24 bits per heavy atom. The van der Waals surface area contributed by atoms with Crippen LogP contribution in [0.4, 0.5) is 16.3 Å². The zero-order valence-electron chi connectivity index (χ0n) is 14.4. The van der Waals surface area contributed by atoms with E-state index in [0.717, 1.165) is 43.1 Å². The van der Waals surface area contributed by atoms with Crippen molar-refractivity contribution >= 4 is 29.1 Å². The molecule has 7 heteroatoms. The Kier molecular flexibility index (Phi) is 5.38. The molecule has 1 aromatic heterocycles. The predicted molar refractivity (Wildman–Crippen MR) is 100 cm³/mol. The third-order valence-electron chi connectivity index (χ3n) is 4.55. The van der Waals surface area contributed by atoms with Crippen molar-refractivity contribution in [1.82, 2.24) is 14.9 Å². The molecule has 0 spiro atoms. The number of likely N-dealkylation sites (tertiary alicyclic amines) is 1. The second-order valence-corrected chi connectivity index (χ2v) is 6.72. The van der Waals surface area contributed by atoms with Crippen LogP contribution in [0.15, 0.2) is 36.7 Å². The first-order valence-corrected chi connectivity index (χ1v) is 8.73. The van der Waals surface area contributed by atoms with Crippen molar-refractivity contribution in [3.63, 3.8) is 0 Å². The number of hydrogen-bond acceptors (Lipinski definition) is 4. The molecule has 1 aromatic carbocycles. The molecule has 2 aromatic rings. The van der Waals surface area contributed by atoms with Crippen molar-refractivity contribution in [3.05, 3.63) is 47.4 Å². The fourth-order valence-corrected chi connectivity index (χ4v) is 3.14. The van der Waals surface area contributed by atoms with Gasteiger partial charge < -0.3 is 15.1 Å². The van der Waals surface area contributed by atoms with E-state index >= 15 is 0 Å². The summed E-state index contributed by atoms with van der Waals surface area (Å²) in [6.07, 6.45) is 3.41. The first kappa shape index (κ1) is 17.5. The summed E-state index contributed by atoms with van der Waals surface area (Å²) in [6.45, 7) is 3.40. The zero-order valence-corrected chi connectivity index (χ0v) is 15.2. The number of aryl methyl sites for hydroxylation is 1. The van der Waals surface area contributed by atoms with Gasteiger partial charge in [-0.15, -0.1) is 0 Å². The van der Waals surface area contributed by atoms with Crippen molar-refractivity contribution in [3.8, 4) is 0 Å². The molecule has 0 radical (unpaired) electrons. The lowest BCUT2D eigenvalue weighted by Gasteiger charge is -2.37. The van der Waals surface area contributed by atoms with E-state index < -0.39 is 0 Å². The van der Waals surface area contributed by atoms with Crippen LogP contribution in [0.3, 0.4) is 0 Å². The molecule has 3 rings (SSSR count). The molecule has 1 aliphatic rings. The van der Waals surface area contributed by atoms with E-state index in [0.29, 0.717) is 11.1 Å². The van der Waals surface area contributed by atoms with Crippen molar-refractivity contribution in [2.75, 3.05) is 30.4 Å². The van der Waals surface area contributed by atoms with Gasteiger partial charge in [0.05, 0.1) is 0 Å². The van der Waals surface area contributed by atoms with Crippen LogP contribution in [0.1, 0.15) is 18.5 Å². The molecule has 0 saturated carbocycles. The van der Waals surface area contributed by atoms with Gasteiger partial charge in [0.1, 0.15) is 12.1 Å². The van der Waals surface area contributed by atoms with Gasteiger partial charge in [-0.25, -0.2) is 14.8 Å². The van der Waals surface area contributed by atoms with Crippen LogP contribution in [0.5, 0.6) is 0 Å². The summed E-state index contributed by atoms with van der Waals surface area (Å²) >= 11 is 5.87. The lowest BCUT2D eigenvalue weighted by molar-refractivity contribution is 0.194. The van der Waals surface area contributed by atoms with E-state index in [1.807, 2.05) is 17.9 Å². The Morgan fingerprint density at radius 2 is 1.92 bits per heavy atom. The molecule has 1 aliphatic heterocycles. The molecular formula is C18H22ClN5O. The van der Waals surface area contributed by atoms with Crippen LogP contribution in [0.2, 0.25) is 5.02 Å². The number of halogens is 1. The lowest BCUT2D eigenvalue weighted by Crippen LogP contribution is -2.47. The van der Waals surface area contributed by atoms with Gasteiger partial charge in [-0.1, -0.05) is 11.6 Å². The SMILES string of the molecule is Cc1cc(N(C)C2CCN(C(=O)Nc3ccc(Cl)cc3)CC2)ncn1. The molecule has 1 saturated heterocycles. The Balaban J connectivity index is 1.54. The summed E-state index contributed by atoms with van der Waals surface area (Å²) in [5, 5.41) is 3.57. The topological polar surface area (TPSA) is 61.4 Å². The Morgan fingerprint density at radius 3 is 2.56 bits per heavy atom. The summed E-state index contributed by atoms with van der Waals surface area (Å²) in [4.78, 5) is 24.9. The predicted octanol–water partition coefficient (Wildman–Crippen LogP) is 3.57. The fraction of sp³-hybridized carbons (Fsp3) is 0.389. The van der Waals surface area contributed by atoms with Gasteiger partial charge in [-0.05, 0) is 44.0 Å². The highest BCUT2D eigenvalue weighted by Crippen LogP contribution is 2.21. The number of nitrogens with zero attached hydrogens (tertiary/aromatic N) is 4. The van der Waals surface area contributed by atoms with Crippen LogP contribution in [-0.2, 0) is 0 Å². The standard InChI is InChI=1S/C18H22ClN5O/c1-13-11-17(21-12-20-13)23(2)16-7-9-24(10-8-16)18(25)22-15-5-3-14(19)4-6-15/h3-6,11-12,16H,7-10H2,1-2H3,(H,22,25). The summed E-state index contributed by atoms with van der Waals surface area (Å²) < 4.78 is 0. The average Bonchev–Trinajstić information content (AvgIpc) is 2.63. The fourth-order valence-electron chi connectivity index (χ4n) is 3.01. The number of carbonyl (C=O) groups excluding carboxylic acids is 1. The number of carbonyl (C=O) groups is 1. The van der Waals surface area contributed by atoms with Crippen molar-refractivity contribution in [2.45, 2.75) is 25.8 Å². The largest absolute Gasteiger partial charge is 0.356 e. The highest BCUT2D eigenvalue weighted by atomic mass is 35.5. The molecular weight excluding hydrogens is 338 g/mol. The average molecular weight is 360 g/mol. The number of amides is 2. The monoisotopic (exact) mass is 359 g/mol. The molecule has 1 N–H and O–H groups in total. The van der Waals surface area contributed by atoms with Crippen LogP contribution >= 0.6 is 11.6 Å². The Bertz CT molecular complexity index is 729. The quantitative estimate of drug-likeness (QED) is 0.910. The minimum atomic E-state index is -0.0682. The second-order valence-electron chi connectivity index (χ2n) is 6.28. The molecule has 0 aliphatic carbocycles. The van der Waals surface area contributed by atoms with Crippen LogP contribution in [0, 0.1) is 6.92 Å². The molecule has 6 nitrogen and oxygen atoms in total. The summed E-state index contributed by atoms with van der Waals surface area (Å²) in [7, 11) is 2.05. The van der Waals surface area contributed by atoms with E-state index in [1.54, 1.807) is 30.6 Å². The van der Waals surface area contributed by atoms with E-state index in [-0.39, 0.29) is 6.03 Å². The van der Waals surface area contributed by atoms with Crippen molar-refractivity contribution in [1.29, 1.82) is 0 Å². The summed E-state index contributed by atoms with van der Waals surface area (Å²) in [5.41, 5.74) is 1.71. The molecule has 0 bridgehead atoms. The normalized spacial score (nSPS) is 15.1. The summed E-state index contributed by atoms with van der Waals surface area (Å²) in [5.74, 6) is 0.927. The van der Waals surface area contributed by atoms with Gasteiger partial charge in [-0.3, -0.25) is 0 Å². The highest BCUT2D eigenvalue weighted by Gasteiger charge is 2.26. The van der Waals surface area contributed by atoms with Gasteiger partial charge >= 0.3 is 6.03 Å². The zero-order chi connectivity index (χ0) is 17.8. The van der Waals surface area contributed by atoms with E-state index in [2.05, 4.69) is 27.2 Å². The van der Waals surface area contributed by atoms with Crippen LogP contribution in [-0.4, -0.2) is 47.1 Å². The molecule has 2 heterocycles. The number of hydrogen-bond donors (Lipinski definition) is 1. The first-order valence-electron chi connectivity index (χ1n) is 8.36. The Hall–Kier alpha value is -2.34. The number of rotatable bonds is 3. The molecule has 25 heavy (non-hydrogen) atoms. The highest BCUT2D eigenvalue weighted by molar-refractivity contribution is 6.30. The third-order valence-corrected chi connectivity index (χ3v) is 4.80. The third kappa shape index (κ3) is 4.39. The molecule has 0 unspecified atom stereocenters. The maximum absolute atomic E-state index is 12.4. The molecule has 132 valence electrons. The van der Waals surface area contributed by atoms with Gasteiger partial charge in [0, 0.05) is 48.6 Å². The molecule has 2 amide bonds. The van der Waals surface area contributed by atoms with Crippen LogP contribution in [0.25, 0.3) is 0 Å².